The molecule has 0 saturated carbocycles. The molecule has 0 saturated heterocycles. The van der Waals surface area contributed by atoms with E-state index in [1.54, 1.807) is 20.0 Å². The minimum Gasteiger partial charge on any atom is -0.467 e. The number of para-hydroxylation sites is 1. The van der Waals surface area contributed by atoms with Crippen molar-refractivity contribution in [1.82, 2.24) is 62.1 Å². The Morgan fingerprint density at radius 2 is 1.22 bits per heavy atom. The zero-order chi connectivity index (χ0) is 46.2. The number of ether oxygens (including phenoxy) is 1. The molecule has 10 N–H and O–H groups in total. The van der Waals surface area contributed by atoms with E-state index in [1.165, 1.54) is 46.0 Å². The Morgan fingerprint density at radius 1 is 0.651 bits per heavy atom. The van der Waals surface area contributed by atoms with Crippen molar-refractivity contribution in [3.8, 4) is 0 Å². The van der Waals surface area contributed by atoms with Gasteiger partial charge in [-0.15, -0.1) is 0 Å². The van der Waals surface area contributed by atoms with Crippen molar-refractivity contribution in [2.75, 3.05) is 13.7 Å². The molecule has 0 aliphatic rings. The van der Waals surface area contributed by atoms with Crippen molar-refractivity contribution in [3.05, 3.63) is 72.5 Å². The van der Waals surface area contributed by atoms with Crippen molar-refractivity contribution in [3.63, 3.8) is 0 Å². The van der Waals surface area contributed by atoms with Crippen LogP contribution in [-0.2, 0) is 62.4 Å². The number of carbonyl (C=O) groups excluding carboxylic acids is 8. The first-order valence-corrected chi connectivity index (χ1v) is 20.6. The molecule has 0 aliphatic heterocycles. The fraction of sp³-hybridized carbons (Fsp3) is 0.476. The van der Waals surface area contributed by atoms with Crippen LogP contribution in [0, 0.1) is 11.8 Å². The molecule has 0 unspecified atom stereocenters. The number of methoxy groups -OCH3 is 1. The molecule has 6 atom stereocenters. The first-order chi connectivity index (χ1) is 29.9. The summed E-state index contributed by atoms with van der Waals surface area (Å²) >= 11 is 0. The highest BCUT2D eigenvalue weighted by Crippen LogP contribution is 2.19. The quantitative estimate of drug-likeness (QED) is 0.0427. The lowest BCUT2D eigenvalue weighted by atomic mass is 10.0. The number of carbonyl (C=O) groups is 8. The van der Waals surface area contributed by atoms with Crippen LogP contribution < -0.4 is 37.2 Å². The summed E-state index contributed by atoms with van der Waals surface area (Å²) in [6.07, 6.45) is 7.91. The third-order valence-electron chi connectivity index (χ3n) is 9.97. The van der Waals surface area contributed by atoms with Gasteiger partial charge in [0.1, 0.15) is 36.3 Å². The van der Waals surface area contributed by atoms with E-state index in [1.807, 2.05) is 38.1 Å². The summed E-state index contributed by atoms with van der Waals surface area (Å²) < 4.78 is 4.85. The van der Waals surface area contributed by atoms with E-state index in [2.05, 4.69) is 62.1 Å². The second-order valence-corrected chi connectivity index (χ2v) is 16.0. The highest BCUT2D eigenvalue weighted by molar-refractivity contribution is 5.97. The third kappa shape index (κ3) is 14.8. The number of nitrogens with zero attached hydrogens (tertiary/aromatic N) is 2. The van der Waals surface area contributed by atoms with Crippen molar-refractivity contribution in [2.24, 2.45) is 11.8 Å². The van der Waals surface area contributed by atoms with Gasteiger partial charge >= 0.3 is 5.97 Å². The van der Waals surface area contributed by atoms with Gasteiger partial charge in [-0.1, -0.05) is 45.9 Å². The fourth-order valence-corrected chi connectivity index (χ4v) is 6.71. The number of nitrogens with one attached hydrogen (secondary N) is 10. The normalized spacial score (nSPS) is 14.0. The van der Waals surface area contributed by atoms with Crippen LogP contribution >= 0.6 is 0 Å². The van der Waals surface area contributed by atoms with Gasteiger partial charge in [-0.2, -0.15) is 0 Å². The zero-order valence-corrected chi connectivity index (χ0v) is 36.4. The maximum atomic E-state index is 13.9. The van der Waals surface area contributed by atoms with Gasteiger partial charge in [0.05, 0.1) is 26.3 Å². The monoisotopic (exact) mass is 874 g/mol. The molecular formula is C42H58N12O9. The molecule has 0 aliphatic carbocycles. The van der Waals surface area contributed by atoms with Gasteiger partial charge in [0.25, 0.3) is 0 Å². The summed E-state index contributed by atoms with van der Waals surface area (Å²) in [7, 11) is 1.21. The summed E-state index contributed by atoms with van der Waals surface area (Å²) in [5.41, 5.74) is 2.61. The summed E-state index contributed by atoms with van der Waals surface area (Å²) in [6.45, 7) is 9.21. The van der Waals surface area contributed by atoms with Crippen molar-refractivity contribution in [2.45, 2.75) is 103 Å². The van der Waals surface area contributed by atoms with Crippen LogP contribution in [0.4, 0.5) is 0 Å². The van der Waals surface area contributed by atoms with Crippen LogP contribution in [0.2, 0.25) is 0 Å². The van der Waals surface area contributed by atoms with Crippen LogP contribution in [0.3, 0.4) is 0 Å². The summed E-state index contributed by atoms with van der Waals surface area (Å²) in [6, 6.07) is 0.624. The maximum Gasteiger partial charge on any atom is 0.328 e. The average molecular weight is 875 g/mol. The summed E-state index contributed by atoms with van der Waals surface area (Å²) in [5.74, 6) is -5.75. The number of benzene rings is 1. The molecule has 0 radical (unpaired) electrons. The number of H-pyrrole nitrogens is 3. The number of aromatic amines is 3. The van der Waals surface area contributed by atoms with Crippen molar-refractivity contribution in [1.29, 1.82) is 0 Å². The Balaban J connectivity index is 1.41. The van der Waals surface area contributed by atoms with E-state index in [0.29, 0.717) is 23.4 Å². The van der Waals surface area contributed by atoms with E-state index >= 15 is 0 Å². The number of fused-ring (bicyclic) bond motifs is 1. The highest BCUT2D eigenvalue weighted by atomic mass is 16.5. The molecule has 63 heavy (non-hydrogen) atoms. The molecule has 7 amide bonds. The topological polar surface area (TPSA) is 303 Å². The SMILES string of the molecule is COC(=O)[C@H](CC(C)C)NC(=O)[C@H](Cc1cnc[nH]1)NC(=O)CNC(=O)[C@@H](NC(=O)[C@H](C)NC(=O)[C@H](Cc1c[nH]c2ccccc12)NC(=O)[C@H](Cc1cnc[nH]1)NC(C)=O)C(C)C. The molecule has 1 aromatic carbocycles. The van der Waals surface area contributed by atoms with E-state index < -0.39 is 96.0 Å². The lowest BCUT2D eigenvalue weighted by molar-refractivity contribution is -0.146. The van der Waals surface area contributed by atoms with Crippen molar-refractivity contribution < 1.29 is 43.1 Å². The van der Waals surface area contributed by atoms with Crippen LogP contribution in [0.1, 0.15) is 64.9 Å². The molecular weight excluding hydrogens is 817 g/mol. The number of rotatable bonds is 23. The molecule has 21 nitrogen and oxygen atoms in total. The average Bonchev–Trinajstić information content (AvgIpc) is 4.04. The molecule has 0 bridgehead atoms. The maximum absolute atomic E-state index is 13.9. The number of esters is 1. The zero-order valence-electron chi connectivity index (χ0n) is 36.4. The van der Waals surface area contributed by atoms with Crippen LogP contribution in [0.25, 0.3) is 10.9 Å². The molecule has 0 spiro atoms. The Morgan fingerprint density at radius 3 is 1.78 bits per heavy atom. The standard InChI is InChI=1S/C42H58N12O9/c1-22(2)12-34(42(62)63-7)53-40(60)33(15-28-18-44-21-48-28)51-35(56)19-46-41(61)36(23(3)4)54-37(57)24(5)49-38(58)31(13-26-16-45-30-11-9-8-10-29(26)30)52-39(59)32(50-25(6)55)14-27-17-43-20-47-27/h8-11,16-18,20-24,31-34,36,45H,12-15,19H2,1-7H3,(H,43,47)(H,44,48)(H,46,61)(H,49,58)(H,50,55)(H,51,56)(H,52,59)(H,53,60)(H,54,57)/t24-,31-,32-,33-,34-,36-/m0/s1. The van der Waals surface area contributed by atoms with Gasteiger partial charge in [-0.25, -0.2) is 14.8 Å². The van der Waals surface area contributed by atoms with Crippen LogP contribution in [0.5, 0.6) is 0 Å². The molecule has 3 aromatic heterocycles. The van der Waals surface area contributed by atoms with Gasteiger partial charge in [0.15, 0.2) is 0 Å². The van der Waals surface area contributed by atoms with Gasteiger partial charge in [-0.3, -0.25) is 33.6 Å². The predicted molar refractivity (Wildman–Crippen MR) is 229 cm³/mol. The number of aromatic nitrogens is 5. The fourth-order valence-electron chi connectivity index (χ4n) is 6.71. The summed E-state index contributed by atoms with van der Waals surface area (Å²) in [4.78, 5) is 122. The Hall–Kier alpha value is -7.06. The highest BCUT2D eigenvalue weighted by Gasteiger charge is 2.33. The van der Waals surface area contributed by atoms with E-state index in [4.69, 9.17) is 4.74 Å². The first kappa shape index (κ1) is 48.6. The van der Waals surface area contributed by atoms with Crippen molar-refractivity contribution >= 4 is 58.2 Å². The lowest BCUT2D eigenvalue weighted by Crippen LogP contribution is -2.59. The van der Waals surface area contributed by atoms with E-state index in [0.717, 1.165) is 10.9 Å². The van der Waals surface area contributed by atoms with Gasteiger partial charge in [-0.05, 0) is 36.8 Å². The minimum atomic E-state index is -1.21. The van der Waals surface area contributed by atoms with Crippen LogP contribution in [-0.4, -0.2) is 122 Å². The molecule has 0 fully saturated rings. The van der Waals surface area contributed by atoms with E-state index in [-0.39, 0.29) is 25.2 Å². The Kier molecular flexibility index (Phi) is 17.9. The molecule has 340 valence electrons. The Labute approximate surface area is 364 Å². The number of hydrogen-bond donors (Lipinski definition) is 10. The van der Waals surface area contributed by atoms with Gasteiger partial charge < -0.3 is 56.9 Å². The minimum absolute atomic E-state index is 0.0111. The molecule has 4 rings (SSSR count). The third-order valence-corrected chi connectivity index (χ3v) is 9.97. The first-order valence-electron chi connectivity index (χ1n) is 20.6. The largest absolute Gasteiger partial charge is 0.467 e. The van der Waals surface area contributed by atoms with E-state index in [9.17, 15) is 38.4 Å². The second kappa shape index (κ2) is 23.2. The van der Waals surface area contributed by atoms with Gasteiger partial charge in [0, 0.05) is 67.1 Å². The second-order valence-electron chi connectivity index (χ2n) is 16.0. The van der Waals surface area contributed by atoms with Gasteiger partial charge in [0.2, 0.25) is 41.4 Å². The molecule has 3 heterocycles. The number of amides is 7. The smallest absolute Gasteiger partial charge is 0.328 e. The van der Waals surface area contributed by atoms with Crippen LogP contribution in [0.15, 0.2) is 55.5 Å². The Bertz CT molecular complexity index is 2190. The lowest BCUT2D eigenvalue weighted by Gasteiger charge is -2.26. The number of imidazole rings is 2. The number of hydrogen-bond acceptors (Lipinski definition) is 11. The summed E-state index contributed by atoms with van der Waals surface area (Å²) in [5, 5.41) is 19.2. The molecule has 4 aromatic rings. The molecule has 21 heteroatoms. The predicted octanol–water partition coefficient (Wildman–Crippen LogP) is -0.418.